The van der Waals surface area contributed by atoms with Crippen LogP contribution < -0.4 is 10.1 Å². The monoisotopic (exact) mass is 370 g/mol. The lowest BCUT2D eigenvalue weighted by Gasteiger charge is -2.06. The maximum absolute atomic E-state index is 12.6. The zero-order chi connectivity index (χ0) is 19.3. The molecular formula is C21H26N2O2S. The van der Waals surface area contributed by atoms with Gasteiger partial charge in [0, 0.05) is 17.6 Å². The molecule has 0 aliphatic heterocycles. The molecule has 0 radical (unpaired) electrons. The number of ether oxygens (including phenoxy) is 1. The zero-order valence-corrected chi connectivity index (χ0v) is 17.1. The second-order valence-corrected chi connectivity index (χ2v) is 6.85. The van der Waals surface area contributed by atoms with Gasteiger partial charge in [-0.2, -0.15) is 0 Å². The molecule has 0 aliphatic rings. The van der Waals surface area contributed by atoms with Crippen LogP contribution >= 0.6 is 11.3 Å². The molecule has 4 nitrogen and oxygen atoms in total. The van der Waals surface area contributed by atoms with Crippen LogP contribution in [-0.2, 0) is 6.54 Å². The largest absolute Gasteiger partial charge is 0.497 e. The topological polar surface area (TPSA) is 51.2 Å². The number of rotatable bonds is 4. The van der Waals surface area contributed by atoms with Gasteiger partial charge < -0.3 is 10.1 Å². The molecule has 0 saturated heterocycles. The van der Waals surface area contributed by atoms with Crippen LogP contribution in [0.15, 0.2) is 30.3 Å². The van der Waals surface area contributed by atoms with Crippen molar-refractivity contribution >= 4 is 27.5 Å². The van der Waals surface area contributed by atoms with E-state index in [1.54, 1.807) is 7.11 Å². The molecular weight excluding hydrogens is 344 g/mol. The van der Waals surface area contributed by atoms with Crippen molar-refractivity contribution in [3.63, 3.8) is 0 Å². The van der Waals surface area contributed by atoms with Crippen molar-refractivity contribution in [1.82, 2.24) is 10.3 Å². The zero-order valence-electron chi connectivity index (χ0n) is 16.3. The molecule has 138 valence electrons. The molecule has 0 spiro atoms. The van der Waals surface area contributed by atoms with Gasteiger partial charge in [-0.15, -0.1) is 11.3 Å². The summed E-state index contributed by atoms with van der Waals surface area (Å²) in [4.78, 5) is 18.8. The first kappa shape index (κ1) is 19.9. The van der Waals surface area contributed by atoms with Gasteiger partial charge in [-0.25, -0.2) is 4.98 Å². The molecule has 3 rings (SSSR count). The molecule has 0 fully saturated rings. The summed E-state index contributed by atoms with van der Waals surface area (Å²) in [6.45, 7) is 10.5. The Balaban J connectivity index is 0.00000117. The summed E-state index contributed by atoms with van der Waals surface area (Å²) in [5.74, 6) is 0.755. The Bertz CT molecular complexity index is 899. The van der Waals surface area contributed by atoms with Gasteiger partial charge in [0.15, 0.2) is 0 Å². The number of carbonyl (C=O) groups is 1. The Morgan fingerprint density at radius 1 is 1.15 bits per heavy atom. The minimum atomic E-state index is -0.0524. The van der Waals surface area contributed by atoms with Crippen molar-refractivity contribution in [3.05, 3.63) is 57.6 Å². The summed E-state index contributed by atoms with van der Waals surface area (Å²) >= 11 is 1.46. The standard InChI is InChI=1S/C19H20N2O2S.C2H6/c1-11-9-12(2)21-19-16(11)13(3)17(24-19)18(22)20-10-14-5-7-15(23-4)8-6-14;1-2/h5-9H,10H2,1-4H3,(H,20,22);1-2H3. The van der Waals surface area contributed by atoms with Crippen molar-refractivity contribution in [3.8, 4) is 5.75 Å². The van der Waals surface area contributed by atoms with Crippen LogP contribution in [0.2, 0.25) is 0 Å². The normalized spacial score (nSPS) is 10.2. The van der Waals surface area contributed by atoms with E-state index in [-0.39, 0.29) is 5.91 Å². The highest BCUT2D eigenvalue weighted by Gasteiger charge is 2.17. The first-order chi connectivity index (χ1) is 12.5. The minimum absolute atomic E-state index is 0.0524. The Labute approximate surface area is 159 Å². The highest BCUT2D eigenvalue weighted by Crippen LogP contribution is 2.32. The summed E-state index contributed by atoms with van der Waals surface area (Å²) < 4.78 is 5.14. The third-order valence-electron chi connectivity index (χ3n) is 4.04. The van der Waals surface area contributed by atoms with E-state index in [2.05, 4.69) is 23.3 Å². The lowest BCUT2D eigenvalue weighted by Crippen LogP contribution is -2.22. The Hall–Kier alpha value is -2.40. The number of amides is 1. The average molecular weight is 371 g/mol. The average Bonchev–Trinajstić information content (AvgIpc) is 2.98. The predicted molar refractivity (Wildman–Crippen MR) is 109 cm³/mol. The molecule has 1 amide bonds. The van der Waals surface area contributed by atoms with E-state index < -0.39 is 0 Å². The molecule has 0 bridgehead atoms. The maximum Gasteiger partial charge on any atom is 0.261 e. The number of thiophene rings is 1. The van der Waals surface area contributed by atoms with Crippen LogP contribution in [0.1, 0.15) is 45.9 Å². The number of carbonyl (C=O) groups excluding carboxylic acids is 1. The number of hydrogen-bond acceptors (Lipinski definition) is 4. The van der Waals surface area contributed by atoms with E-state index in [1.165, 1.54) is 16.9 Å². The van der Waals surface area contributed by atoms with Gasteiger partial charge in [0.1, 0.15) is 10.6 Å². The van der Waals surface area contributed by atoms with Gasteiger partial charge in [-0.1, -0.05) is 26.0 Å². The first-order valence-corrected chi connectivity index (χ1v) is 9.59. The number of hydrogen-bond donors (Lipinski definition) is 1. The molecule has 1 aromatic carbocycles. The molecule has 0 saturated carbocycles. The summed E-state index contributed by atoms with van der Waals surface area (Å²) in [7, 11) is 1.64. The molecule has 0 unspecified atom stereocenters. The number of fused-ring (bicyclic) bond motifs is 1. The van der Waals surface area contributed by atoms with Crippen LogP contribution in [0, 0.1) is 20.8 Å². The van der Waals surface area contributed by atoms with Gasteiger partial charge in [-0.05, 0) is 55.7 Å². The number of aryl methyl sites for hydroxylation is 3. The van der Waals surface area contributed by atoms with Crippen molar-refractivity contribution in [2.45, 2.75) is 41.2 Å². The van der Waals surface area contributed by atoms with E-state index in [9.17, 15) is 4.79 Å². The Morgan fingerprint density at radius 2 is 1.81 bits per heavy atom. The predicted octanol–water partition coefficient (Wildman–Crippen LogP) is 5.19. The van der Waals surface area contributed by atoms with Crippen molar-refractivity contribution in [1.29, 1.82) is 0 Å². The molecule has 2 aromatic heterocycles. The fourth-order valence-corrected chi connectivity index (χ4v) is 4.06. The minimum Gasteiger partial charge on any atom is -0.497 e. The molecule has 5 heteroatoms. The first-order valence-electron chi connectivity index (χ1n) is 8.78. The third-order valence-corrected chi connectivity index (χ3v) is 5.23. The van der Waals surface area contributed by atoms with Crippen LogP contribution in [0.3, 0.4) is 0 Å². The number of aromatic nitrogens is 1. The van der Waals surface area contributed by atoms with Gasteiger partial charge in [-0.3, -0.25) is 4.79 Å². The molecule has 26 heavy (non-hydrogen) atoms. The Kier molecular flexibility index (Phi) is 6.75. The van der Waals surface area contributed by atoms with E-state index in [1.807, 2.05) is 52.0 Å². The van der Waals surface area contributed by atoms with Crippen LogP contribution in [-0.4, -0.2) is 18.0 Å². The van der Waals surface area contributed by atoms with E-state index in [4.69, 9.17) is 4.74 Å². The second kappa shape index (κ2) is 8.81. The highest BCUT2D eigenvalue weighted by atomic mass is 32.1. The molecule has 0 atom stereocenters. The number of nitrogens with zero attached hydrogens (tertiary/aromatic N) is 1. The van der Waals surface area contributed by atoms with Gasteiger partial charge in [0.2, 0.25) is 0 Å². The van der Waals surface area contributed by atoms with Crippen LogP contribution in [0.4, 0.5) is 0 Å². The fraction of sp³-hybridized carbons (Fsp3) is 0.333. The van der Waals surface area contributed by atoms with E-state index >= 15 is 0 Å². The van der Waals surface area contributed by atoms with Gasteiger partial charge >= 0.3 is 0 Å². The molecule has 2 heterocycles. The van der Waals surface area contributed by atoms with E-state index in [0.717, 1.165) is 37.7 Å². The number of nitrogens with one attached hydrogen (secondary N) is 1. The SMILES string of the molecule is CC.COc1ccc(CNC(=O)c2sc3nc(C)cc(C)c3c2C)cc1. The number of methoxy groups -OCH3 is 1. The van der Waals surface area contributed by atoms with Crippen molar-refractivity contribution in [2.75, 3.05) is 7.11 Å². The maximum atomic E-state index is 12.6. The van der Waals surface area contributed by atoms with Gasteiger partial charge in [0.05, 0.1) is 12.0 Å². The highest BCUT2D eigenvalue weighted by molar-refractivity contribution is 7.20. The number of pyridine rings is 1. The summed E-state index contributed by atoms with van der Waals surface area (Å²) in [6.07, 6.45) is 0. The smallest absolute Gasteiger partial charge is 0.261 e. The summed E-state index contributed by atoms with van der Waals surface area (Å²) in [5.41, 5.74) is 4.19. The summed E-state index contributed by atoms with van der Waals surface area (Å²) in [5, 5.41) is 4.09. The molecule has 0 aliphatic carbocycles. The van der Waals surface area contributed by atoms with Crippen LogP contribution in [0.25, 0.3) is 10.2 Å². The van der Waals surface area contributed by atoms with E-state index in [0.29, 0.717) is 6.54 Å². The quantitative estimate of drug-likeness (QED) is 0.688. The van der Waals surface area contributed by atoms with Crippen molar-refractivity contribution < 1.29 is 9.53 Å². The van der Waals surface area contributed by atoms with Crippen molar-refractivity contribution in [2.24, 2.45) is 0 Å². The third kappa shape index (κ3) is 4.22. The molecule has 1 N–H and O–H groups in total. The van der Waals surface area contributed by atoms with Gasteiger partial charge in [0.25, 0.3) is 5.91 Å². The van der Waals surface area contributed by atoms with Crippen LogP contribution in [0.5, 0.6) is 5.75 Å². The lowest BCUT2D eigenvalue weighted by molar-refractivity contribution is 0.0954. The summed E-state index contributed by atoms with van der Waals surface area (Å²) in [6, 6.07) is 9.74. The number of benzene rings is 1. The lowest BCUT2D eigenvalue weighted by atomic mass is 10.1. The second-order valence-electron chi connectivity index (χ2n) is 5.85. The fourth-order valence-electron chi connectivity index (χ4n) is 2.84. The Morgan fingerprint density at radius 3 is 2.42 bits per heavy atom. The molecule has 3 aromatic rings.